The Balaban J connectivity index is 1.49. The van der Waals surface area contributed by atoms with E-state index < -0.39 is 23.2 Å². The van der Waals surface area contributed by atoms with Crippen LogP contribution in [-0.4, -0.2) is 25.9 Å². The highest BCUT2D eigenvalue weighted by molar-refractivity contribution is 5.96. The van der Waals surface area contributed by atoms with Crippen LogP contribution in [0.3, 0.4) is 0 Å². The van der Waals surface area contributed by atoms with Gasteiger partial charge in [-0.05, 0) is 24.3 Å². The van der Waals surface area contributed by atoms with Crippen LogP contribution in [0.5, 0.6) is 17.2 Å². The Hall–Kier alpha value is -3.34. The van der Waals surface area contributed by atoms with Crippen LogP contribution in [-0.2, 0) is 6.18 Å². The molecule has 2 aromatic carbocycles. The lowest BCUT2D eigenvalue weighted by atomic mass is 10.1. The van der Waals surface area contributed by atoms with Crippen LogP contribution in [0.25, 0.3) is 0 Å². The number of fused-ring (bicyclic) bond motifs is 1. The van der Waals surface area contributed by atoms with E-state index in [0.717, 1.165) is 12.1 Å². The number of hydrogen-bond acceptors (Lipinski definition) is 4. The quantitative estimate of drug-likeness (QED) is 0.832. The molecular formula is C19H14F3NO4. The molecule has 0 radical (unpaired) electrons. The topological polar surface area (TPSA) is 56.8 Å². The van der Waals surface area contributed by atoms with Gasteiger partial charge in [0.1, 0.15) is 12.4 Å². The molecule has 1 amide bonds. The summed E-state index contributed by atoms with van der Waals surface area (Å²) in [6.45, 7) is 0.111. The Labute approximate surface area is 153 Å². The normalized spacial score (nSPS) is 12.1. The Morgan fingerprint density at radius 3 is 2.70 bits per heavy atom. The lowest BCUT2D eigenvalue weighted by Crippen LogP contribution is -2.26. The number of ether oxygens (including phenoxy) is 3. The molecule has 5 nitrogen and oxygen atoms in total. The molecule has 0 spiro atoms. The third-order valence-corrected chi connectivity index (χ3v) is 3.59. The number of nitrogens with one attached hydrogen (secondary N) is 1. The molecule has 1 N–H and O–H groups in total. The van der Waals surface area contributed by atoms with E-state index in [0.29, 0.717) is 17.2 Å². The van der Waals surface area contributed by atoms with Gasteiger partial charge in [-0.3, -0.25) is 4.79 Å². The van der Waals surface area contributed by atoms with Crippen molar-refractivity contribution in [1.82, 2.24) is 5.32 Å². The van der Waals surface area contributed by atoms with Crippen molar-refractivity contribution in [2.75, 3.05) is 19.9 Å². The number of halogens is 3. The largest absolute Gasteiger partial charge is 0.481 e. The zero-order valence-electron chi connectivity index (χ0n) is 13.9. The Morgan fingerprint density at radius 2 is 1.89 bits per heavy atom. The minimum atomic E-state index is -4.60. The molecule has 0 bridgehead atoms. The van der Waals surface area contributed by atoms with Crippen molar-refractivity contribution in [2.45, 2.75) is 6.18 Å². The fraction of sp³-hybridized carbons (Fsp3) is 0.211. The number of carbonyl (C=O) groups excluding carboxylic acids is 1. The summed E-state index contributed by atoms with van der Waals surface area (Å²) in [6.07, 6.45) is -4.60. The minimum Gasteiger partial charge on any atom is -0.481 e. The van der Waals surface area contributed by atoms with Gasteiger partial charge < -0.3 is 19.5 Å². The summed E-state index contributed by atoms with van der Waals surface area (Å²) >= 11 is 0. The van der Waals surface area contributed by atoms with E-state index in [-0.39, 0.29) is 19.9 Å². The minimum absolute atomic E-state index is 0.0503. The van der Waals surface area contributed by atoms with E-state index in [9.17, 15) is 18.0 Å². The predicted octanol–water partition coefficient (Wildman–Crippen LogP) is 3.25. The zero-order valence-corrected chi connectivity index (χ0v) is 13.9. The fourth-order valence-electron chi connectivity index (χ4n) is 2.35. The number of amides is 1. The molecule has 0 aromatic heterocycles. The first-order valence-corrected chi connectivity index (χ1v) is 7.88. The first kappa shape index (κ1) is 18.5. The highest BCUT2D eigenvalue weighted by Crippen LogP contribution is 2.35. The average Bonchev–Trinajstić information content (AvgIpc) is 3.11. The van der Waals surface area contributed by atoms with Gasteiger partial charge in [0.25, 0.3) is 5.91 Å². The molecule has 8 heteroatoms. The standard InChI is InChI=1S/C19H14F3NO4/c20-19(21,22)15-6-2-1-5-14(15)18(24)23-9-3-4-10-25-13-7-8-16-17(11-13)27-12-26-16/h1-2,5-8,11H,9-10,12H2,(H,23,24). The van der Waals surface area contributed by atoms with E-state index >= 15 is 0 Å². The van der Waals surface area contributed by atoms with Crippen molar-refractivity contribution in [3.05, 3.63) is 53.6 Å². The summed E-state index contributed by atoms with van der Waals surface area (Å²) in [7, 11) is 0. The van der Waals surface area contributed by atoms with E-state index in [2.05, 4.69) is 17.2 Å². The lowest BCUT2D eigenvalue weighted by Gasteiger charge is -2.11. The van der Waals surface area contributed by atoms with Gasteiger partial charge in [0.2, 0.25) is 6.79 Å². The Kier molecular flexibility index (Phi) is 5.41. The van der Waals surface area contributed by atoms with Crippen LogP contribution in [0.1, 0.15) is 15.9 Å². The second kappa shape index (κ2) is 7.91. The lowest BCUT2D eigenvalue weighted by molar-refractivity contribution is -0.137. The van der Waals surface area contributed by atoms with E-state index in [4.69, 9.17) is 14.2 Å². The molecule has 140 valence electrons. The molecule has 0 atom stereocenters. The van der Waals surface area contributed by atoms with Gasteiger partial charge in [-0.25, -0.2) is 0 Å². The van der Waals surface area contributed by atoms with E-state index in [1.165, 1.54) is 12.1 Å². The SMILES string of the molecule is O=C(NCC#CCOc1ccc2c(c1)OCO2)c1ccccc1C(F)(F)F. The first-order chi connectivity index (χ1) is 12.9. The molecule has 0 saturated heterocycles. The van der Waals surface area contributed by atoms with Crippen molar-refractivity contribution in [2.24, 2.45) is 0 Å². The first-order valence-electron chi connectivity index (χ1n) is 7.88. The molecule has 3 rings (SSSR count). The second-order valence-electron chi connectivity index (χ2n) is 5.38. The van der Waals surface area contributed by atoms with Crippen LogP contribution in [0.2, 0.25) is 0 Å². The monoisotopic (exact) mass is 377 g/mol. The van der Waals surface area contributed by atoms with Crippen molar-refractivity contribution in [1.29, 1.82) is 0 Å². The summed E-state index contributed by atoms with van der Waals surface area (Å²) in [4.78, 5) is 11.9. The number of alkyl halides is 3. The molecule has 1 aliphatic heterocycles. The maximum absolute atomic E-state index is 12.9. The van der Waals surface area contributed by atoms with Crippen LogP contribution in [0.4, 0.5) is 13.2 Å². The maximum Gasteiger partial charge on any atom is 0.417 e. The van der Waals surface area contributed by atoms with Gasteiger partial charge in [0.15, 0.2) is 11.5 Å². The van der Waals surface area contributed by atoms with E-state index in [1.54, 1.807) is 18.2 Å². The highest BCUT2D eigenvalue weighted by atomic mass is 19.4. The number of carbonyl (C=O) groups is 1. The third kappa shape index (κ3) is 4.64. The van der Waals surface area contributed by atoms with Gasteiger partial charge in [0.05, 0.1) is 17.7 Å². The average molecular weight is 377 g/mol. The van der Waals surface area contributed by atoms with Crippen LogP contribution in [0, 0.1) is 11.8 Å². The highest BCUT2D eigenvalue weighted by Gasteiger charge is 2.34. The van der Waals surface area contributed by atoms with Crippen LogP contribution < -0.4 is 19.5 Å². The van der Waals surface area contributed by atoms with Gasteiger partial charge in [0, 0.05) is 6.07 Å². The number of benzene rings is 2. The summed E-state index contributed by atoms with van der Waals surface area (Å²) in [5.74, 6) is 6.21. The Bertz CT molecular complexity index is 900. The van der Waals surface area contributed by atoms with Crippen molar-refractivity contribution in [3.8, 4) is 29.1 Å². The molecule has 0 unspecified atom stereocenters. The molecule has 2 aromatic rings. The van der Waals surface area contributed by atoms with Gasteiger partial charge in [-0.2, -0.15) is 13.2 Å². The number of rotatable bonds is 4. The Morgan fingerprint density at radius 1 is 1.11 bits per heavy atom. The summed E-state index contributed by atoms with van der Waals surface area (Å²) in [6, 6.07) is 9.66. The smallest absolute Gasteiger partial charge is 0.417 e. The van der Waals surface area contributed by atoms with Crippen LogP contribution >= 0.6 is 0 Å². The van der Waals surface area contributed by atoms with Gasteiger partial charge >= 0.3 is 6.18 Å². The van der Waals surface area contributed by atoms with Gasteiger partial charge in [-0.1, -0.05) is 24.0 Å². The predicted molar refractivity (Wildman–Crippen MR) is 89.6 cm³/mol. The third-order valence-electron chi connectivity index (χ3n) is 3.59. The van der Waals surface area contributed by atoms with Crippen molar-refractivity contribution < 1.29 is 32.2 Å². The zero-order chi connectivity index (χ0) is 19.3. The molecule has 27 heavy (non-hydrogen) atoms. The maximum atomic E-state index is 12.9. The summed E-state index contributed by atoms with van der Waals surface area (Å²) in [5.41, 5.74) is -1.43. The van der Waals surface area contributed by atoms with Crippen molar-refractivity contribution in [3.63, 3.8) is 0 Å². The second-order valence-corrected chi connectivity index (χ2v) is 5.38. The van der Waals surface area contributed by atoms with Gasteiger partial charge in [-0.15, -0.1) is 0 Å². The molecule has 0 aliphatic carbocycles. The molecule has 0 saturated carbocycles. The molecule has 1 heterocycles. The fourth-order valence-corrected chi connectivity index (χ4v) is 2.35. The van der Waals surface area contributed by atoms with Crippen molar-refractivity contribution >= 4 is 5.91 Å². The molecule has 1 aliphatic rings. The summed E-state index contributed by atoms with van der Waals surface area (Å²) in [5, 5.41) is 2.34. The molecule has 0 fully saturated rings. The number of hydrogen-bond donors (Lipinski definition) is 1. The molecular weight excluding hydrogens is 363 g/mol. The van der Waals surface area contributed by atoms with Crippen LogP contribution in [0.15, 0.2) is 42.5 Å². The summed E-state index contributed by atoms with van der Waals surface area (Å²) < 4.78 is 54.5. The van der Waals surface area contributed by atoms with E-state index in [1.807, 2.05) is 0 Å².